The number of nitrogens with zero attached hydrogens (tertiary/aromatic N) is 2. The Bertz CT molecular complexity index is 843. The Hall–Kier alpha value is -1.55. The minimum absolute atomic E-state index is 0.0318. The number of hydrogen-bond donors (Lipinski definition) is 0. The van der Waals surface area contributed by atoms with Gasteiger partial charge in [-0.25, -0.2) is 17.6 Å². The van der Waals surface area contributed by atoms with Crippen molar-refractivity contribution in [1.82, 2.24) is 4.90 Å². The van der Waals surface area contributed by atoms with Crippen molar-refractivity contribution in [2.24, 2.45) is 0 Å². The van der Waals surface area contributed by atoms with Crippen molar-refractivity contribution in [1.29, 1.82) is 0 Å². The molecule has 138 valence electrons. The fourth-order valence-electron chi connectivity index (χ4n) is 2.81. The Balaban J connectivity index is 1.78. The third kappa shape index (κ3) is 3.48. The second-order valence-corrected chi connectivity index (χ2v) is 7.33. The molecule has 0 atom stereocenters. The molecule has 1 saturated heterocycles. The lowest BCUT2D eigenvalue weighted by Crippen LogP contribution is -2.49. The number of rotatable bonds is 2. The summed E-state index contributed by atoms with van der Waals surface area (Å²) in [7, 11) is 0. The highest BCUT2D eigenvalue weighted by Gasteiger charge is 2.31. The third-order valence-electron chi connectivity index (χ3n) is 4.14. The molecule has 26 heavy (non-hydrogen) atoms. The molecule has 0 radical (unpaired) electrons. The first kappa shape index (κ1) is 19.2. The second-order valence-electron chi connectivity index (χ2n) is 5.71. The fourth-order valence-corrected chi connectivity index (χ4v) is 3.52. The smallest absolute Gasteiger partial charge is 0.254 e. The minimum Gasteiger partial charge on any atom is -0.363 e. The van der Waals surface area contributed by atoms with E-state index in [9.17, 15) is 22.4 Å². The van der Waals surface area contributed by atoms with Crippen molar-refractivity contribution in [2.45, 2.75) is 0 Å². The van der Waals surface area contributed by atoms with Gasteiger partial charge in [-0.2, -0.15) is 0 Å². The third-order valence-corrected chi connectivity index (χ3v) is 5.14. The van der Waals surface area contributed by atoms with Crippen LogP contribution < -0.4 is 4.90 Å². The molecule has 0 aliphatic carbocycles. The lowest BCUT2D eigenvalue weighted by molar-refractivity contribution is 0.0746. The van der Waals surface area contributed by atoms with E-state index in [1.165, 1.54) is 9.80 Å². The number of benzene rings is 2. The number of carbonyl (C=O) groups excluding carboxylic acids is 1. The van der Waals surface area contributed by atoms with Crippen LogP contribution in [0.5, 0.6) is 0 Å². The van der Waals surface area contributed by atoms with Crippen molar-refractivity contribution in [3.63, 3.8) is 0 Å². The first-order valence-electron chi connectivity index (χ1n) is 7.62. The Morgan fingerprint density at radius 1 is 0.962 bits per heavy atom. The van der Waals surface area contributed by atoms with E-state index >= 15 is 0 Å². The zero-order valence-corrected chi connectivity index (χ0v) is 16.1. The molecule has 1 aliphatic rings. The monoisotopic (exact) mass is 498 g/mol. The Kier molecular flexibility index (Phi) is 5.61. The van der Waals surface area contributed by atoms with E-state index in [-0.39, 0.29) is 32.1 Å². The molecule has 0 spiro atoms. The predicted octanol–water partition coefficient (Wildman–Crippen LogP) is 4.46. The molecular weight excluding hydrogens is 487 g/mol. The highest BCUT2D eigenvalue weighted by Crippen LogP contribution is 2.34. The van der Waals surface area contributed by atoms with Crippen LogP contribution >= 0.6 is 34.2 Å². The standard InChI is InChI=1S/C17H12ClF4IN2O/c18-11-12(19)14(21)16(15(22)13(11)20)24-4-6-25(7-5-24)17(26)9-2-1-3-10(23)8-9/h1-3,8H,4-7H2. The summed E-state index contributed by atoms with van der Waals surface area (Å²) in [6.07, 6.45) is 0. The number of anilines is 1. The van der Waals surface area contributed by atoms with E-state index in [1.807, 2.05) is 6.07 Å². The molecule has 0 saturated carbocycles. The summed E-state index contributed by atoms with van der Waals surface area (Å²) in [4.78, 5) is 15.2. The topological polar surface area (TPSA) is 23.6 Å². The van der Waals surface area contributed by atoms with Crippen LogP contribution in [0.3, 0.4) is 0 Å². The first-order valence-corrected chi connectivity index (χ1v) is 9.08. The van der Waals surface area contributed by atoms with Gasteiger partial charge in [-0.05, 0) is 40.8 Å². The summed E-state index contributed by atoms with van der Waals surface area (Å²) in [6.45, 7) is 0.387. The molecule has 1 heterocycles. The van der Waals surface area contributed by atoms with Crippen LogP contribution in [0, 0.1) is 26.8 Å². The normalized spacial score (nSPS) is 14.7. The molecule has 0 bridgehead atoms. The van der Waals surface area contributed by atoms with E-state index in [2.05, 4.69) is 22.6 Å². The van der Waals surface area contributed by atoms with Gasteiger partial charge in [0, 0.05) is 35.3 Å². The zero-order chi connectivity index (χ0) is 19.0. The number of amides is 1. The largest absolute Gasteiger partial charge is 0.363 e. The van der Waals surface area contributed by atoms with Crippen LogP contribution in [-0.4, -0.2) is 37.0 Å². The maximum atomic E-state index is 14.1. The van der Waals surface area contributed by atoms with Gasteiger partial charge in [-0.15, -0.1) is 0 Å². The summed E-state index contributed by atoms with van der Waals surface area (Å²) in [5.74, 6) is -6.54. The molecule has 2 aromatic rings. The van der Waals surface area contributed by atoms with Gasteiger partial charge in [0.15, 0.2) is 23.3 Å². The number of carbonyl (C=O) groups is 1. The first-order chi connectivity index (χ1) is 12.3. The fraction of sp³-hybridized carbons (Fsp3) is 0.235. The molecule has 1 fully saturated rings. The van der Waals surface area contributed by atoms with E-state index in [4.69, 9.17) is 11.6 Å². The van der Waals surface area contributed by atoms with Crippen LogP contribution in [0.25, 0.3) is 0 Å². The summed E-state index contributed by atoms with van der Waals surface area (Å²) >= 11 is 7.33. The minimum atomic E-state index is -1.63. The van der Waals surface area contributed by atoms with Crippen LogP contribution in [0.1, 0.15) is 10.4 Å². The van der Waals surface area contributed by atoms with Gasteiger partial charge < -0.3 is 9.80 Å². The zero-order valence-electron chi connectivity index (χ0n) is 13.2. The van der Waals surface area contributed by atoms with Crippen LogP contribution in [-0.2, 0) is 0 Å². The summed E-state index contributed by atoms with van der Waals surface area (Å²) in [5.41, 5.74) is -0.294. The van der Waals surface area contributed by atoms with E-state index < -0.39 is 34.0 Å². The Morgan fingerprint density at radius 2 is 1.54 bits per heavy atom. The maximum Gasteiger partial charge on any atom is 0.254 e. The molecule has 2 aromatic carbocycles. The summed E-state index contributed by atoms with van der Waals surface area (Å²) in [5, 5.41) is -1.21. The van der Waals surface area contributed by atoms with Gasteiger partial charge in [0.2, 0.25) is 0 Å². The highest BCUT2D eigenvalue weighted by atomic mass is 127. The molecular formula is C17H12ClF4IN2O. The molecule has 0 aromatic heterocycles. The number of hydrogen-bond acceptors (Lipinski definition) is 2. The highest BCUT2D eigenvalue weighted by molar-refractivity contribution is 14.1. The maximum absolute atomic E-state index is 14.1. The Morgan fingerprint density at radius 3 is 2.08 bits per heavy atom. The second kappa shape index (κ2) is 7.59. The molecule has 0 unspecified atom stereocenters. The SMILES string of the molecule is O=C(c1cccc(I)c1)N1CCN(c2c(F)c(F)c(Cl)c(F)c2F)CC1. The Labute approximate surface area is 165 Å². The number of halogens is 6. The molecule has 1 aliphatic heterocycles. The van der Waals surface area contributed by atoms with E-state index in [1.54, 1.807) is 18.2 Å². The van der Waals surface area contributed by atoms with E-state index in [0.717, 1.165) is 3.57 Å². The van der Waals surface area contributed by atoms with Crippen molar-refractivity contribution >= 4 is 45.8 Å². The van der Waals surface area contributed by atoms with Crippen molar-refractivity contribution in [3.8, 4) is 0 Å². The van der Waals surface area contributed by atoms with Crippen molar-refractivity contribution in [2.75, 3.05) is 31.1 Å². The van der Waals surface area contributed by atoms with Gasteiger partial charge in [0.05, 0.1) is 0 Å². The van der Waals surface area contributed by atoms with Gasteiger partial charge in [0.1, 0.15) is 10.7 Å². The van der Waals surface area contributed by atoms with E-state index in [0.29, 0.717) is 5.56 Å². The lowest BCUT2D eigenvalue weighted by atomic mass is 10.1. The average molecular weight is 499 g/mol. The lowest BCUT2D eigenvalue weighted by Gasteiger charge is -2.36. The molecule has 9 heteroatoms. The predicted molar refractivity (Wildman–Crippen MR) is 98.6 cm³/mol. The van der Waals surface area contributed by atoms with Crippen LogP contribution in [0.15, 0.2) is 24.3 Å². The van der Waals surface area contributed by atoms with Crippen molar-refractivity contribution in [3.05, 3.63) is 61.7 Å². The van der Waals surface area contributed by atoms with Gasteiger partial charge in [0.25, 0.3) is 5.91 Å². The average Bonchev–Trinajstić information content (AvgIpc) is 2.65. The molecule has 0 N–H and O–H groups in total. The number of piperazine rings is 1. The summed E-state index contributed by atoms with van der Waals surface area (Å²) in [6, 6.07) is 7.03. The van der Waals surface area contributed by atoms with Crippen LogP contribution in [0.2, 0.25) is 5.02 Å². The van der Waals surface area contributed by atoms with Crippen molar-refractivity contribution < 1.29 is 22.4 Å². The summed E-state index contributed by atoms with van der Waals surface area (Å²) < 4.78 is 56.3. The van der Waals surface area contributed by atoms with Gasteiger partial charge in [-0.1, -0.05) is 17.7 Å². The quantitative estimate of drug-likeness (QED) is 0.264. The van der Waals surface area contributed by atoms with Crippen LogP contribution in [0.4, 0.5) is 23.2 Å². The molecule has 3 rings (SSSR count). The van der Waals surface area contributed by atoms with Gasteiger partial charge >= 0.3 is 0 Å². The van der Waals surface area contributed by atoms with Gasteiger partial charge in [-0.3, -0.25) is 4.79 Å². The molecule has 3 nitrogen and oxygen atoms in total. The molecule has 1 amide bonds.